The van der Waals surface area contributed by atoms with Crippen LogP contribution in [0.25, 0.3) is 5.69 Å². The van der Waals surface area contributed by atoms with Crippen molar-refractivity contribution >= 4 is 28.7 Å². The first-order chi connectivity index (χ1) is 12.0. The zero-order valence-electron chi connectivity index (χ0n) is 15.2. The van der Waals surface area contributed by atoms with Gasteiger partial charge in [-0.05, 0) is 49.4 Å². The fourth-order valence-electron chi connectivity index (χ4n) is 2.07. The summed E-state index contributed by atoms with van der Waals surface area (Å²) in [5.41, 5.74) is 1.19. The molecule has 0 aliphatic carbocycles. The van der Waals surface area contributed by atoms with Crippen molar-refractivity contribution in [3.05, 3.63) is 24.3 Å². The zero-order valence-corrected chi connectivity index (χ0v) is 18.0. The van der Waals surface area contributed by atoms with Gasteiger partial charge in [-0.25, -0.2) is 0 Å². The number of nitrogens with one attached hydrogen (secondary N) is 1. The first-order valence-corrected chi connectivity index (χ1v) is 8.60. The molecule has 0 spiro atoms. The van der Waals surface area contributed by atoms with Gasteiger partial charge < -0.3 is 20.1 Å². The maximum Gasteiger partial charge on any atom is 1.00 e. The van der Waals surface area contributed by atoms with Gasteiger partial charge in [0.2, 0.25) is 5.16 Å². The Morgan fingerprint density at radius 3 is 2.65 bits per heavy atom. The summed E-state index contributed by atoms with van der Waals surface area (Å²) in [5.74, 6) is -1.20. The molecule has 0 radical (unpaired) electrons. The van der Waals surface area contributed by atoms with Gasteiger partial charge in [0, 0.05) is 30.5 Å². The smallest absolute Gasteiger partial charge is 0.548 e. The molecule has 0 saturated heterocycles. The molecule has 0 bridgehead atoms. The standard InChI is InChI=1S/C15H20N6O3S.Na/c1-4-20(5-2)15(24)25-14-17-18-19-21(14)12-8-6-7-11(9-12)16-10(3)13(22)23;/h6-10,16H,4-5H2,1-3H3,(H,22,23);/q;+1/p-1. The van der Waals surface area contributed by atoms with E-state index in [1.165, 1.54) is 11.6 Å². The van der Waals surface area contributed by atoms with Gasteiger partial charge in [-0.1, -0.05) is 6.07 Å². The number of nitrogens with zero attached hydrogens (tertiary/aromatic N) is 5. The number of carbonyl (C=O) groups is 2. The Hall–Kier alpha value is -1.62. The van der Waals surface area contributed by atoms with Crippen LogP contribution >= 0.6 is 11.8 Å². The monoisotopic (exact) mass is 386 g/mol. The fourth-order valence-corrected chi connectivity index (χ4v) is 2.91. The number of amides is 1. The number of carboxylic acid groups (broad SMARTS) is 1. The molecular weight excluding hydrogens is 367 g/mol. The topological polar surface area (TPSA) is 116 Å². The quantitative estimate of drug-likeness (QED) is 0.420. The van der Waals surface area contributed by atoms with Gasteiger partial charge in [0.05, 0.1) is 17.7 Å². The minimum absolute atomic E-state index is 0. The van der Waals surface area contributed by atoms with Crippen molar-refractivity contribution in [1.29, 1.82) is 0 Å². The van der Waals surface area contributed by atoms with Gasteiger partial charge in [0.1, 0.15) is 0 Å². The first kappa shape index (κ1) is 22.4. The van der Waals surface area contributed by atoms with E-state index < -0.39 is 12.0 Å². The predicted octanol–water partition coefficient (Wildman–Crippen LogP) is -2.23. The second kappa shape index (κ2) is 10.5. The predicted molar refractivity (Wildman–Crippen MR) is 91.4 cm³/mol. The molecular formula is C15H19N6NaO3S. The summed E-state index contributed by atoms with van der Waals surface area (Å²) in [4.78, 5) is 24.8. The maximum absolute atomic E-state index is 12.2. The summed E-state index contributed by atoms with van der Waals surface area (Å²) in [6.45, 7) is 6.50. The molecule has 1 unspecified atom stereocenters. The number of aliphatic carboxylic acids is 1. The van der Waals surface area contributed by atoms with E-state index in [-0.39, 0.29) is 34.8 Å². The number of anilines is 1. The van der Waals surface area contributed by atoms with Crippen molar-refractivity contribution in [2.24, 2.45) is 0 Å². The third-order valence-corrected chi connectivity index (χ3v) is 4.34. The molecule has 1 N–H and O–H groups in total. The van der Waals surface area contributed by atoms with Crippen LogP contribution in [0.3, 0.4) is 0 Å². The van der Waals surface area contributed by atoms with Crippen LogP contribution in [0.4, 0.5) is 10.5 Å². The normalized spacial score (nSPS) is 11.3. The van der Waals surface area contributed by atoms with E-state index in [1.807, 2.05) is 13.8 Å². The van der Waals surface area contributed by atoms with Crippen LogP contribution in [0.15, 0.2) is 29.4 Å². The molecule has 1 aromatic carbocycles. The number of hydrogen-bond donors (Lipinski definition) is 1. The van der Waals surface area contributed by atoms with Crippen LogP contribution in [0, 0.1) is 0 Å². The van der Waals surface area contributed by atoms with Gasteiger partial charge in [-0.15, -0.1) is 5.10 Å². The maximum atomic E-state index is 12.2. The second-order valence-electron chi connectivity index (χ2n) is 5.15. The molecule has 1 amide bonds. The minimum atomic E-state index is -1.20. The zero-order chi connectivity index (χ0) is 18.4. The average Bonchev–Trinajstić information content (AvgIpc) is 3.04. The number of tetrazole rings is 1. The Morgan fingerprint density at radius 2 is 2.04 bits per heavy atom. The van der Waals surface area contributed by atoms with Crippen molar-refractivity contribution in [2.75, 3.05) is 18.4 Å². The Kier molecular flexibility index (Phi) is 9.06. The summed E-state index contributed by atoms with van der Waals surface area (Å²) in [6.07, 6.45) is 0. The van der Waals surface area contributed by atoms with E-state index in [0.29, 0.717) is 29.6 Å². The van der Waals surface area contributed by atoms with Crippen LogP contribution < -0.4 is 40.0 Å². The molecule has 11 heteroatoms. The van der Waals surface area contributed by atoms with Crippen LogP contribution in [0.2, 0.25) is 0 Å². The van der Waals surface area contributed by atoms with Crippen LogP contribution in [0.1, 0.15) is 20.8 Å². The Labute approximate surface area is 177 Å². The van der Waals surface area contributed by atoms with Gasteiger partial charge in [0.25, 0.3) is 5.24 Å². The summed E-state index contributed by atoms with van der Waals surface area (Å²) >= 11 is 0.943. The van der Waals surface area contributed by atoms with Crippen molar-refractivity contribution in [3.63, 3.8) is 0 Å². The molecule has 134 valence electrons. The number of carboxylic acids is 1. The molecule has 0 fully saturated rings. The molecule has 0 aliphatic rings. The van der Waals surface area contributed by atoms with Gasteiger partial charge >= 0.3 is 29.6 Å². The molecule has 0 saturated carbocycles. The Balaban J connectivity index is 0.00000338. The second-order valence-corrected chi connectivity index (χ2v) is 6.07. The third kappa shape index (κ3) is 5.70. The molecule has 2 rings (SSSR count). The Bertz CT molecular complexity index is 752. The van der Waals surface area contributed by atoms with Crippen LogP contribution in [-0.4, -0.2) is 55.4 Å². The SMILES string of the molecule is CCN(CC)C(=O)Sc1nnnn1-c1cccc(NC(C)C(=O)[O-])c1.[Na+]. The molecule has 2 aromatic rings. The number of aromatic nitrogens is 4. The van der Waals surface area contributed by atoms with E-state index >= 15 is 0 Å². The number of rotatable bonds is 7. The number of thioether (sulfide) groups is 1. The fraction of sp³-hybridized carbons (Fsp3) is 0.400. The minimum Gasteiger partial charge on any atom is -0.548 e. The average molecular weight is 386 g/mol. The summed E-state index contributed by atoms with van der Waals surface area (Å²) in [6, 6.07) is 6.07. The van der Waals surface area contributed by atoms with Crippen LogP contribution in [0.5, 0.6) is 0 Å². The van der Waals surface area contributed by atoms with E-state index in [4.69, 9.17) is 0 Å². The summed E-state index contributed by atoms with van der Waals surface area (Å²) < 4.78 is 1.43. The number of benzene rings is 1. The molecule has 26 heavy (non-hydrogen) atoms. The van der Waals surface area contributed by atoms with Crippen molar-refractivity contribution in [1.82, 2.24) is 25.1 Å². The van der Waals surface area contributed by atoms with E-state index in [9.17, 15) is 14.7 Å². The van der Waals surface area contributed by atoms with Crippen molar-refractivity contribution < 1.29 is 44.3 Å². The van der Waals surface area contributed by atoms with Gasteiger partial charge in [0.15, 0.2) is 0 Å². The summed E-state index contributed by atoms with van der Waals surface area (Å²) in [5, 5.41) is 25.3. The van der Waals surface area contributed by atoms with Gasteiger partial charge in [-0.2, -0.15) is 4.68 Å². The largest absolute Gasteiger partial charge is 1.00 e. The van der Waals surface area contributed by atoms with Crippen LogP contribution in [-0.2, 0) is 4.79 Å². The molecule has 1 heterocycles. The van der Waals surface area contributed by atoms with E-state index in [0.717, 1.165) is 11.8 Å². The molecule has 9 nitrogen and oxygen atoms in total. The van der Waals surface area contributed by atoms with Gasteiger partial charge in [-0.3, -0.25) is 4.79 Å². The third-order valence-electron chi connectivity index (χ3n) is 3.47. The van der Waals surface area contributed by atoms with Crippen molar-refractivity contribution in [2.45, 2.75) is 32.0 Å². The van der Waals surface area contributed by atoms with Crippen molar-refractivity contribution in [3.8, 4) is 5.69 Å². The Morgan fingerprint density at radius 1 is 1.35 bits per heavy atom. The molecule has 1 aromatic heterocycles. The molecule has 0 aliphatic heterocycles. The van der Waals surface area contributed by atoms with E-state index in [1.54, 1.807) is 29.2 Å². The number of hydrogen-bond acceptors (Lipinski definition) is 8. The summed E-state index contributed by atoms with van der Waals surface area (Å²) in [7, 11) is 0. The molecule has 1 atom stereocenters. The van der Waals surface area contributed by atoms with E-state index in [2.05, 4.69) is 20.8 Å². The number of carbonyl (C=O) groups excluding carboxylic acids is 2. The first-order valence-electron chi connectivity index (χ1n) is 7.79.